The van der Waals surface area contributed by atoms with Crippen LogP contribution >= 0.6 is 27.5 Å². The van der Waals surface area contributed by atoms with Crippen LogP contribution in [-0.4, -0.2) is 11.1 Å². The predicted octanol–water partition coefficient (Wildman–Crippen LogP) is 3.64. The number of aryl methyl sites for hydroxylation is 2. The van der Waals surface area contributed by atoms with E-state index in [9.17, 15) is 4.79 Å². The third-order valence-electron chi connectivity index (χ3n) is 2.73. The SMILES string of the molecule is Cc1noc(C)c1CNC(=O)c1cc(Cl)cc(Br)c1. The van der Waals surface area contributed by atoms with Gasteiger partial charge >= 0.3 is 0 Å². The Kier molecular flexibility index (Phi) is 4.27. The molecular weight excluding hydrogens is 332 g/mol. The Morgan fingerprint density at radius 1 is 1.42 bits per heavy atom. The highest BCUT2D eigenvalue weighted by molar-refractivity contribution is 9.10. The topological polar surface area (TPSA) is 55.1 Å². The number of carbonyl (C=O) groups is 1. The lowest BCUT2D eigenvalue weighted by Crippen LogP contribution is -2.23. The van der Waals surface area contributed by atoms with Gasteiger partial charge in [0.1, 0.15) is 5.76 Å². The second-order valence-electron chi connectivity index (χ2n) is 4.14. The molecule has 0 fully saturated rings. The standard InChI is InChI=1S/C13H12BrClN2O2/c1-7-12(8(2)19-17-7)6-16-13(18)9-3-10(14)5-11(15)4-9/h3-5H,6H2,1-2H3,(H,16,18). The number of nitrogens with one attached hydrogen (secondary N) is 1. The van der Waals surface area contributed by atoms with E-state index in [1.54, 1.807) is 18.2 Å². The molecule has 2 aromatic rings. The molecule has 0 atom stereocenters. The molecule has 0 bridgehead atoms. The first-order valence-corrected chi connectivity index (χ1v) is 6.80. The van der Waals surface area contributed by atoms with E-state index in [1.165, 1.54) is 0 Å². The summed E-state index contributed by atoms with van der Waals surface area (Å²) in [5, 5.41) is 7.17. The van der Waals surface area contributed by atoms with E-state index < -0.39 is 0 Å². The molecule has 0 aliphatic carbocycles. The van der Waals surface area contributed by atoms with Crippen molar-refractivity contribution < 1.29 is 9.32 Å². The molecule has 1 heterocycles. The van der Waals surface area contributed by atoms with Gasteiger partial charge < -0.3 is 9.84 Å². The second kappa shape index (κ2) is 5.75. The van der Waals surface area contributed by atoms with Crippen molar-refractivity contribution >= 4 is 33.4 Å². The van der Waals surface area contributed by atoms with Crippen molar-refractivity contribution in [2.24, 2.45) is 0 Å². The molecule has 0 saturated heterocycles. The van der Waals surface area contributed by atoms with E-state index >= 15 is 0 Å². The molecule has 1 N–H and O–H groups in total. The number of nitrogens with zero attached hydrogens (tertiary/aromatic N) is 1. The Hall–Kier alpha value is -1.33. The number of rotatable bonds is 3. The van der Waals surface area contributed by atoms with Gasteiger partial charge in [0.25, 0.3) is 5.91 Å². The molecule has 0 unspecified atom stereocenters. The van der Waals surface area contributed by atoms with Crippen LogP contribution in [0.1, 0.15) is 27.4 Å². The maximum absolute atomic E-state index is 12.0. The summed E-state index contributed by atoms with van der Waals surface area (Å²) in [4.78, 5) is 12.0. The number of carbonyl (C=O) groups excluding carboxylic acids is 1. The van der Waals surface area contributed by atoms with Gasteiger partial charge in [-0.3, -0.25) is 4.79 Å². The largest absolute Gasteiger partial charge is 0.361 e. The van der Waals surface area contributed by atoms with Crippen molar-refractivity contribution in [2.45, 2.75) is 20.4 Å². The summed E-state index contributed by atoms with van der Waals surface area (Å²) in [5.41, 5.74) is 2.19. The molecule has 2 rings (SSSR count). The van der Waals surface area contributed by atoms with Crippen LogP contribution < -0.4 is 5.32 Å². The van der Waals surface area contributed by atoms with Gasteiger partial charge in [-0.15, -0.1) is 0 Å². The van der Waals surface area contributed by atoms with Crippen LogP contribution in [0, 0.1) is 13.8 Å². The zero-order chi connectivity index (χ0) is 14.0. The van der Waals surface area contributed by atoms with Crippen molar-refractivity contribution in [3.63, 3.8) is 0 Å². The average molecular weight is 344 g/mol. The van der Waals surface area contributed by atoms with Crippen LogP contribution in [-0.2, 0) is 6.54 Å². The van der Waals surface area contributed by atoms with Crippen LogP contribution in [0.5, 0.6) is 0 Å². The predicted molar refractivity (Wildman–Crippen MR) is 76.3 cm³/mol. The highest BCUT2D eigenvalue weighted by atomic mass is 79.9. The Labute approximate surface area is 124 Å². The third kappa shape index (κ3) is 3.36. The van der Waals surface area contributed by atoms with E-state index in [0.29, 0.717) is 22.9 Å². The summed E-state index contributed by atoms with van der Waals surface area (Å²) in [5.74, 6) is 0.522. The lowest BCUT2D eigenvalue weighted by Gasteiger charge is -2.06. The molecule has 4 nitrogen and oxygen atoms in total. The van der Waals surface area contributed by atoms with E-state index in [1.807, 2.05) is 13.8 Å². The Bertz CT molecular complexity index is 585. The first-order valence-electron chi connectivity index (χ1n) is 5.63. The molecule has 1 aromatic carbocycles. The van der Waals surface area contributed by atoms with Crippen molar-refractivity contribution in [2.75, 3.05) is 0 Å². The Morgan fingerprint density at radius 2 is 2.16 bits per heavy atom. The minimum Gasteiger partial charge on any atom is -0.361 e. The molecule has 19 heavy (non-hydrogen) atoms. The minimum atomic E-state index is -0.191. The number of halogens is 2. The zero-order valence-electron chi connectivity index (χ0n) is 10.5. The highest BCUT2D eigenvalue weighted by Crippen LogP contribution is 2.20. The van der Waals surface area contributed by atoms with Gasteiger partial charge in [0.2, 0.25) is 0 Å². The zero-order valence-corrected chi connectivity index (χ0v) is 12.8. The fourth-order valence-electron chi connectivity index (χ4n) is 1.71. The summed E-state index contributed by atoms with van der Waals surface area (Å²) < 4.78 is 5.81. The normalized spacial score (nSPS) is 10.5. The monoisotopic (exact) mass is 342 g/mol. The Balaban J connectivity index is 2.09. The first-order chi connectivity index (χ1) is 8.97. The van der Waals surface area contributed by atoms with E-state index in [2.05, 4.69) is 26.4 Å². The van der Waals surface area contributed by atoms with Gasteiger partial charge in [0, 0.05) is 27.2 Å². The molecule has 1 amide bonds. The van der Waals surface area contributed by atoms with Crippen LogP contribution in [0.15, 0.2) is 27.2 Å². The fraction of sp³-hybridized carbons (Fsp3) is 0.231. The van der Waals surface area contributed by atoms with Gasteiger partial charge in [-0.1, -0.05) is 32.7 Å². The maximum Gasteiger partial charge on any atom is 0.251 e. The lowest BCUT2D eigenvalue weighted by molar-refractivity contribution is 0.0950. The number of benzene rings is 1. The number of aromatic nitrogens is 1. The number of hydrogen-bond donors (Lipinski definition) is 1. The molecule has 0 aliphatic rings. The quantitative estimate of drug-likeness (QED) is 0.925. The van der Waals surface area contributed by atoms with E-state index in [0.717, 1.165) is 15.7 Å². The van der Waals surface area contributed by atoms with Crippen LogP contribution in [0.3, 0.4) is 0 Å². The van der Waals surface area contributed by atoms with E-state index in [-0.39, 0.29) is 5.91 Å². The number of hydrogen-bond acceptors (Lipinski definition) is 3. The molecule has 100 valence electrons. The molecule has 1 aromatic heterocycles. The van der Waals surface area contributed by atoms with Gasteiger partial charge in [-0.25, -0.2) is 0 Å². The summed E-state index contributed by atoms with van der Waals surface area (Å²) in [6.45, 7) is 4.04. The summed E-state index contributed by atoms with van der Waals surface area (Å²) >= 11 is 9.21. The number of amides is 1. The maximum atomic E-state index is 12.0. The van der Waals surface area contributed by atoms with Crippen LogP contribution in [0.4, 0.5) is 0 Å². The molecule has 0 radical (unpaired) electrons. The van der Waals surface area contributed by atoms with Crippen LogP contribution in [0.25, 0.3) is 0 Å². The average Bonchev–Trinajstić information content (AvgIpc) is 2.65. The third-order valence-corrected chi connectivity index (χ3v) is 3.41. The molecule has 0 spiro atoms. The smallest absolute Gasteiger partial charge is 0.251 e. The fourth-order valence-corrected chi connectivity index (χ4v) is 2.57. The Morgan fingerprint density at radius 3 is 2.74 bits per heavy atom. The molecule has 0 aliphatic heterocycles. The van der Waals surface area contributed by atoms with Crippen molar-refractivity contribution in [3.8, 4) is 0 Å². The lowest BCUT2D eigenvalue weighted by atomic mass is 10.2. The summed E-state index contributed by atoms with van der Waals surface area (Å²) in [7, 11) is 0. The minimum absolute atomic E-state index is 0.191. The molecule has 6 heteroatoms. The van der Waals surface area contributed by atoms with Crippen LogP contribution in [0.2, 0.25) is 5.02 Å². The van der Waals surface area contributed by atoms with Gasteiger partial charge in [0.05, 0.1) is 5.69 Å². The van der Waals surface area contributed by atoms with E-state index in [4.69, 9.17) is 16.1 Å². The first kappa shape index (κ1) is 14.1. The summed E-state index contributed by atoms with van der Waals surface area (Å²) in [6, 6.07) is 5.07. The van der Waals surface area contributed by atoms with Crippen molar-refractivity contribution in [3.05, 3.63) is 50.3 Å². The van der Waals surface area contributed by atoms with Crippen molar-refractivity contribution in [1.82, 2.24) is 10.5 Å². The van der Waals surface area contributed by atoms with Gasteiger partial charge in [-0.2, -0.15) is 0 Å². The van der Waals surface area contributed by atoms with Crippen molar-refractivity contribution in [1.29, 1.82) is 0 Å². The summed E-state index contributed by atoms with van der Waals surface area (Å²) in [6.07, 6.45) is 0. The van der Waals surface area contributed by atoms with Gasteiger partial charge in [-0.05, 0) is 32.0 Å². The molecular formula is C13H12BrClN2O2. The second-order valence-corrected chi connectivity index (χ2v) is 5.50. The highest BCUT2D eigenvalue weighted by Gasteiger charge is 2.12. The molecule has 0 saturated carbocycles. The van der Waals surface area contributed by atoms with Gasteiger partial charge in [0.15, 0.2) is 0 Å².